The molecular formula is C17H19N3O3. The predicted octanol–water partition coefficient (Wildman–Crippen LogP) is 2.59. The van der Waals surface area contributed by atoms with E-state index in [-0.39, 0.29) is 11.9 Å². The van der Waals surface area contributed by atoms with Crippen molar-refractivity contribution >= 4 is 17.6 Å². The molecule has 120 valence electrons. The van der Waals surface area contributed by atoms with E-state index in [0.29, 0.717) is 25.3 Å². The Hall–Kier alpha value is -2.76. The quantitative estimate of drug-likeness (QED) is 0.911. The van der Waals surface area contributed by atoms with Gasteiger partial charge in [-0.1, -0.05) is 18.2 Å². The van der Waals surface area contributed by atoms with Crippen molar-refractivity contribution in [1.82, 2.24) is 10.2 Å². The van der Waals surface area contributed by atoms with Crippen molar-refractivity contribution in [1.29, 1.82) is 0 Å². The first-order valence-corrected chi connectivity index (χ1v) is 7.67. The van der Waals surface area contributed by atoms with Crippen molar-refractivity contribution in [2.45, 2.75) is 25.4 Å². The highest BCUT2D eigenvalue weighted by molar-refractivity contribution is 5.94. The smallest absolute Gasteiger partial charge is 0.322 e. The third kappa shape index (κ3) is 3.71. The molecule has 1 aromatic heterocycles. The summed E-state index contributed by atoms with van der Waals surface area (Å²) in [6.07, 6.45) is 3.06. The first kappa shape index (κ1) is 15.1. The van der Waals surface area contributed by atoms with E-state index in [4.69, 9.17) is 4.42 Å². The van der Waals surface area contributed by atoms with E-state index in [2.05, 4.69) is 10.6 Å². The van der Waals surface area contributed by atoms with Crippen LogP contribution in [0.5, 0.6) is 0 Å². The zero-order chi connectivity index (χ0) is 16.1. The first-order chi connectivity index (χ1) is 11.2. The summed E-state index contributed by atoms with van der Waals surface area (Å²) in [5.41, 5.74) is 0.721. The van der Waals surface area contributed by atoms with Gasteiger partial charge in [-0.25, -0.2) is 4.79 Å². The molecule has 2 aromatic rings. The fourth-order valence-corrected chi connectivity index (χ4v) is 2.70. The molecule has 0 saturated carbocycles. The van der Waals surface area contributed by atoms with Gasteiger partial charge in [-0.05, 0) is 37.1 Å². The molecule has 1 atom stereocenters. The Balaban J connectivity index is 1.58. The Morgan fingerprint density at radius 1 is 1.17 bits per heavy atom. The van der Waals surface area contributed by atoms with Gasteiger partial charge in [-0.15, -0.1) is 0 Å². The molecule has 0 spiro atoms. The van der Waals surface area contributed by atoms with E-state index in [0.717, 1.165) is 12.1 Å². The normalized spacial score (nSPS) is 17.0. The third-order valence-electron chi connectivity index (χ3n) is 3.86. The number of hydrogen-bond donors (Lipinski definition) is 2. The maximum atomic E-state index is 12.4. The van der Waals surface area contributed by atoms with Gasteiger partial charge in [0.15, 0.2) is 0 Å². The number of likely N-dealkylation sites (tertiary alicyclic amines) is 1. The molecule has 0 unspecified atom stereocenters. The maximum absolute atomic E-state index is 12.4. The molecule has 0 bridgehead atoms. The van der Waals surface area contributed by atoms with Crippen molar-refractivity contribution < 1.29 is 14.0 Å². The highest BCUT2D eigenvalue weighted by atomic mass is 16.3. The van der Waals surface area contributed by atoms with Crippen molar-refractivity contribution in [3.63, 3.8) is 0 Å². The molecule has 1 aliphatic rings. The van der Waals surface area contributed by atoms with Gasteiger partial charge in [0.05, 0.1) is 12.8 Å². The summed E-state index contributed by atoms with van der Waals surface area (Å²) >= 11 is 0. The van der Waals surface area contributed by atoms with Crippen LogP contribution >= 0.6 is 0 Å². The molecule has 2 N–H and O–H groups in total. The Bertz CT molecular complexity index is 655. The molecule has 1 fully saturated rings. The number of furan rings is 1. The van der Waals surface area contributed by atoms with Crippen LogP contribution < -0.4 is 10.6 Å². The van der Waals surface area contributed by atoms with E-state index in [1.807, 2.05) is 30.3 Å². The van der Waals surface area contributed by atoms with Crippen molar-refractivity contribution in [2.24, 2.45) is 0 Å². The average Bonchev–Trinajstić information content (AvgIpc) is 3.25. The molecule has 6 heteroatoms. The number of urea groups is 1. The molecule has 23 heavy (non-hydrogen) atoms. The van der Waals surface area contributed by atoms with E-state index < -0.39 is 6.04 Å². The number of para-hydroxylation sites is 1. The van der Waals surface area contributed by atoms with Crippen molar-refractivity contribution in [3.8, 4) is 0 Å². The van der Waals surface area contributed by atoms with Gasteiger partial charge < -0.3 is 20.0 Å². The van der Waals surface area contributed by atoms with Gasteiger partial charge in [0.25, 0.3) is 0 Å². The summed E-state index contributed by atoms with van der Waals surface area (Å²) in [6, 6.07) is 12.1. The van der Waals surface area contributed by atoms with Crippen LogP contribution in [-0.2, 0) is 11.3 Å². The molecular weight excluding hydrogens is 294 g/mol. The summed E-state index contributed by atoms with van der Waals surface area (Å²) < 4.78 is 5.19. The average molecular weight is 313 g/mol. The number of anilines is 1. The Labute approximate surface area is 134 Å². The second-order valence-electron chi connectivity index (χ2n) is 5.44. The van der Waals surface area contributed by atoms with E-state index >= 15 is 0 Å². The second-order valence-corrected chi connectivity index (χ2v) is 5.44. The van der Waals surface area contributed by atoms with Gasteiger partial charge in [-0.2, -0.15) is 0 Å². The van der Waals surface area contributed by atoms with Crippen LogP contribution in [0.3, 0.4) is 0 Å². The number of carbonyl (C=O) groups is 2. The lowest BCUT2D eigenvalue weighted by molar-refractivity contribution is -0.124. The number of amides is 3. The largest absolute Gasteiger partial charge is 0.467 e. The van der Waals surface area contributed by atoms with E-state index in [9.17, 15) is 9.59 Å². The Morgan fingerprint density at radius 2 is 2.00 bits per heavy atom. The Morgan fingerprint density at radius 3 is 2.74 bits per heavy atom. The molecule has 6 nitrogen and oxygen atoms in total. The molecule has 3 amide bonds. The Kier molecular flexibility index (Phi) is 4.61. The number of carbonyl (C=O) groups excluding carboxylic acids is 2. The van der Waals surface area contributed by atoms with Crippen LogP contribution in [0, 0.1) is 0 Å². The van der Waals surface area contributed by atoms with Crippen LogP contribution in [0.2, 0.25) is 0 Å². The van der Waals surface area contributed by atoms with Crippen LogP contribution in [0.15, 0.2) is 53.1 Å². The summed E-state index contributed by atoms with van der Waals surface area (Å²) in [4.78, 5) is 26.3. The number of nitrogens with zero attached hydrogens (tertiary/aromatic N) is 1. The van der Waals surface area contributed by atoms with Crippen LogP contribution in [0.1, 0.15) is 18.6 Å². The molecule has 2 heterocycles. The molecule has 1 saturated heterocycles. The minimum atomic E-state index is -0.436. The first-order valence-electron chi connectivity index (χ1n) is 7.67. The summed E-state index contributed by atoms with van der Waals surface area (Å²) in [7, 11) is 0. The van der Waals surface area contributed by atoms with Crippen LogP contribution in [-0.4, -0.2) is 29.4 Å². The summed E-state index contributed by atoms with van der Waals surface area (Å²) in [5.74, 6) is 0.541. The standard InChI is InChI=1S/C17H19N3O3/c21-16(18-12-14-8-5-11-23-14)15-9-4-10-20(15)17(22)19-13-6-2-1-3-7-13/h1-3,5-8,11,15H,4,9-10,12H2,(H,18,21)(H,19,22)/t15-/m0/s1. The van der Waals surface area contributed by atoms with Crippen LogP contribution in [0.25, 0.3) is 0 Å². The van der Waals surface area contributed by atoms with Gasteiger partial charge >= 0.3 is 6.03 Å². The fourth-order valence-electron chi connectivity index (χ4n) is 2.70. The van der Waals surface area contributed by atoms with E-state index in [1.54, 1.807) is 23.3 Å². The van der Waals surface area contributed by atoms with Gasteiger partial charge in [0, 0.05) is 12.2 Å². The maximum Gasteiger partial charge on any atom is 0.322 e. The van der Waals surface area contributed by atoms with Gasteiger partial charge in [-0.3, -0.25) is 4.79 Å². The summed E-state index contributed by atoms with van der Waals surface area (Å²) in [5, 5.41) is 5.65. The molecule has 0 radical (unpaired) electrons. The number of rotatable bonds is 4. The number of benzene rings is 1. The van der Waals surface area contributed by atoms with E-state index in [1.165, 1.54) is 0 Å². The lowest BCUT2D eigenvalue weighted by Crippen LogP contribution is -2.47. The monoisotopic (exact) mass is 313 g/mol. The minimum Gasteiger partial charge on any atom is -0.467 e. The molecule has 1 aromatic carbocycles. The molecule has 3 rings (SSSR count). The lowest BCUT2D eigenvalue weighted by Gasteiger charge is -2.24. The van der Waals surface area contributed by atoms with Crippen LogP contribution in [0.4, 0.5) is 10.5 Å². The van der Waals surface area contributed by atoms with Gasteiger partial charge in [0.1, 0.15) is 11.8 Å². The second kappa shape index (κ2) is 7.00. The van der Waals surface area contributed by atoms with Gasteiger partial charge in [0.2, 0.25) is 5.91 Å². The number of nitrogens with one attached hydrogen (secondary N) is 2. The fraction of sp³-hybridized carbons (Fsp3) is 0.294. The predicted molar refractivity (Wildman–Crippen MR) is 85.7 cm³/mol. The highest BCUT2D eigenvalue weighted by Crippen LogP contribution is 2.19. The third-order valence-corrected chi connectivity index (χ3v) is 3.86. The SMILES string of the molecule is O=C(NCc1ccco1)[C@@H]1CCCN1C(=O)Nc1ccccc1. The molecule has 0 aliphatic carbocycles. The summed E-state index contributed by atoms with van der Waals surface area (Å²) in [6.45, 7) is 0.911. The molecule has 1 aliphatic heterocycles. The zero-order valence-corrected chi connectivity index (χ0v) is 12.7. The van der Waals surface area contributed by atoms with Crippen molar-refractivity contribution in [3.05, 3.63) is 54.5 Å². The zero-order valence-electron chi connectivity index (χ0n) is 12.7. The minimum absolute atomic E-state index is 0.151. The lowest BCUT2D eigenvalue weighted by atomic mass is 10.2. The number of hydrogen-bond acceptors (Lipinski definition) is 3. The topological polar surface area (TPSA) is 74.6 Å². The highest BCUT2D eigenvalue weighted by Gasteiger charge is 2.34. The van der Waals surface area contributed by atoms with Crippen molar-refractivity contribution in [2.75, 3.05) is 11.9 Å².